The topological polar surface area (TPSA) is 115 Å². The minimum absolute atomic E-state index is 0.133. The molecule has 0 aliphatic heterocycles. The summed E-state index contributed by atoms with van der Waals surface area (Å²) >= 11 is 0. The van der Waals surface area contributed by atoms with E-state index < -0.39 is 0 Å². The van der Waals surface area contributed by atoms with Crippen LogP contribution in [0.3, 0.4) is 0 Å². The summed E-state index contributed by atoms with van der Waals surface area (Å²) in [6.07, 6.45) is 2.11. The van der Waals surface area contributed by atoms with Gasteiger partial charge in [-0.3, -0.25) is 4.79 Å². The largest absolute Gasteiger partial charge is 0.508 e. The second-order valence-electron chi connectivity index (χ2n) is 6.36. The van der Waals surface area contributed by atoms with E-state index in [2.05, 4.69) is 9.97 Å². The summed E-state index contributed by atoms with van der Waals surface area (Å²) in [6.45, 7) is 0. The molecule has 6 nitrogen and oxygen atoms in total. The SMILES string of the molecule is Nc1nc(CCc2ccccc2)nc(C(=O)CCc2ccc(O)cc2)c1N. The van der Waals surface area contributed by atoms with Crippen LogP contribution in [0.25, 0.3) is 0 Å². The third kappa shape index (κ3) is 4.82. The van der Waals surface area contributed by atoms with Crippen LogP contribution in [0.2, 0.25) is 0 Å². The summed E-state index contributed by atoms with van der Waals surface area (Å²) in [7, 11) is 0. The molecule has 0 aliphatic rings. The fourth-order valence-electron chi connectivity index (χ4n) is 2.80. The number of hydrogen-bond acceptors (Lipinski definition) is 6. The van der Waals surface area contributed by atoms with Crippen LogP contribution in [0, 0.1) is 0 Å². The van der Waals surface area contributed by atoms with E-state index in [0.717, 1.165) is 17.5 Å². The number of carbonyl (C=O) groups is 1. The van der Waals surface area contributed by atoms with Gasteiger partial charge in [0.25, 0.3) is 0 Å². The molecule has 138 valence electrons. The van der Waals surface area contributed by atoms with E-state index in [1.807, 2.05) is 30.3 Å². The number of rotatable bonds is 7. The van der Waals surface area contributed by atoms with Gasteiger partial charge in [0.2, 0.25) is 0 Å². The number of phenolic OH excluding ortho intramolecular Hbond substituents is 1. The van der Waals surface area contributed by atoms with Crippen LogP contribution in [-0.2, 0) is 19.3 Å². The smallest absolute Gasteiger partial charge is 0.183 e. The predicted molar refractivity (Wildman–Crippen MR) is 105 cm³/mol. The molecular formula is C21H22N4O2. The van der Waals surface area contributed by atoms with Gasteiger partial charge in [-0.15, -0.1) is 0 Å². The predicted octanol–water partition coefficient (Wildman–Crippen LogP) is 2.95. The molecule has 3 aromatic rings. The molecule has 6 heteroatoms. The number of aromatic hydroxyl groups is 1. The molecule has 1 aromatic heterocycles. The number of nitrogen functional groups attached to an aromatic ring is 2. The van der Waals surface area contributed by atoms with Crippen LogP contribution in [0.1, 0.15) is 33.9 Å². The van der Waals surface area contributed by atoms with Crippen molar-refractivity contribution in [1.29, 1.82) is 0 Å². The first-order valence-corrected chi connectivity index (χ1v) is 8.80. The summed E-state index contributed by atoms with van der Waals surface area (Å²) in [5, 5.41) is 9.33. The fourth-order valence-corrected chi connectivity index (χ4v) is 2.80. The zero-order chi connectivity index (χ0) is 19.2. The number of phenols is 1. The summed E-state index contributed by atoms with van der Waals surface area (Å²) in [6, 6.07) is 16.7. The molecule has 0 radical (unpaired) electrons. The maximum absolute atomic E-state index is 12.6. The second kappa shape index (κ2) is 8.31. The number of aryl methyl sites for hydroxylation is 3. The highest BCUT2D eigenvalue weighted by atomic mass is 16.3. The molecule has 0 spiro atoms. The van der Waals surface area contributed by atoms with Crippen LogP contribution in [-0.4, -0.2) is 20.9 Å². The minimum atomic E-state index is -0.171. The molecule has 27 heavy (non-hydrogen) atoms. The Labute approximate surface area is 157 Å². The quantitative estimate of drug-likeness (QED) is 0.557. The molecule has 3 rings (SSSR count). The minimum Gasteiger partial charge on any atom is -0.508 e. The highest BCUT2D eigenvalue weighted by molar-refractivity contribution is 6.00. The molecule has 2 aromatic carbocycles. The Balaban J connectivity index is 1.70. The number of hydrogen-bond donors (Lipinski definition) is 3. The number of nitrogens with zero attached hydrogens (tertiary/aromatic N) is 2. The zero-order valence-corrected chi connectivity index (χ0v) is 14.9. The van der Waals surface area contributed by atoms with Crippen molar-refractivity contribution in [3.63, 3.8) is 0 Å². The molecule has 0 fully saturated rings. The Morgan fingerprint density at radius 1 is 0.852 bits per heavy atom. The average molecular weight is 362 g/mol. The summed E-state index contributed by atoms with van der Waals surface area (Å²) in [5.41, 5.74) is 14.3. The van der Waals surface area contributed by atoms with Gasteiger partial charge in [0.05, 0.1) is 0 Å². The van der Waals surface area contributed by atoms with Crippen molar-refractivity contribution >= 4 is 17.3 Å². The van der Waals surface area contributed by atoms with Crippen molar-refractivity contribution in [2.75, 3.05) is 11.5 Å². The maximum atomic E-state index is 12.6. The van der Waals surface area contributed by atoms with Gasteiger partial charge in [-0.1, -0.05) is 42.5 Å². The molecule has 0 unspecified atom stereocenters. The lowest BCUT2D eigenvalue weighted by atomic mass is 10.0. The van der Waals surface area contributed by atoms with E-state index in [9.17, 15) is 9.90 Å². The summed E-state index contributed by atoms with van der Waals surface area (Å²) in [4.78, 5) is 21.2. The molecule has 0 amide bonds. The second-order valence-corrected chi connectivity index (χ2v) is 6.36. The van der Waals surface area contributed by atoms with Crippen molar-refractivity contribution in [2.45, 2.75) is 25.7 Å². The van der Waals surface area contributed by atoms with E-state index in [4.69, 9.17) is 11.5 Å². The van der Waals surface area contributed by atoms with Gasteiger partial charge in [-0.2, -0.15) is 0 Å². The Bertz CT molecular complexity index is 925. The zero-order valence-electron chi connectivity index (χ0n) is 14.9. The van der Waals surface area contributed by atoms with Crippen molar-refractivity contribution < 1.29 is 9.90 Å². The summed E-state index contributed by atoms with van der Waals surface area (Å²) < 4.78 is 0. The fraction of sp³-hybridized carbons (Fsp3) is 0.190. The standard InChI is InChI=1S/C21H22N4O2/c22-19-20(17(27)12-8-15-6-10-16(26)11-7-15)24-18(25-21(19)23)13-9-14-4-2-1-3-5-14/h1-7,10-11,26H,8-9,12-13,22H2,(H2,23,24,25). The lowest BCUT2D eigenvalue weighted by Crippen LogP contribution is -2.14. The Morgan fingerprint density at radius 2 is 1.52 bits per heavy atom. The molecular weight excluding hydrogens is 340 g/mol. The molecule has 0 aliphatic carbocycles. The maximum Gasteiger partial charge on any atom is 0.183 e. The van der Waals surface area contributed by atoms with E-state index in [1.165, 1.54) is 0 Å². The molecule has 0 saturated carbocycles. The third-order valence-electron chi connectivity index (χ3n) is 4.34. The number of ketones is 1. The molecule has 5 N–H and O–H groups in total. The van der Waals surface area contributed by atoms with Gasteiger partial charge in [0.15, 0.2) is 11.6 Å². The van der Waals surface area contributed by atoms with Gasteiger partial charge in [-0.05, 0) is 36.1 Å². The van der Waals surface area contributed by atoms with Crippen LogP contribution < -0.4 is 11.5 Å². The van der Waals surface area contributed by atoms with Crippen molar-refractivity contribution in [2.24, 2.45) is 0 Å². The van der Waals surface area contributed by atoms with Crippen molar-refractivity contribution in [3.8, 4) is 5.75 Å². The lowest BCUT2D eigenvalue weighted by Gasteiger charge is -2.09. The summed E-state index contributed by atoms with van der Waals surface area (Å²) in [5.74, 6) is 0.677. The highest BCUT2D eigenvalue weighted by Gasteiger charge is 2.17. The van der Waals surface area contributed by atoms with Gasteiger partial charge >= 0.3 is 0 Å². The van der Waals surface area contributed by atoms with E-state index >= 15 is 0 Å². The number of nitrogens with two attached hydrogens (primary N) is 2. The van der Waals surface area contributed by atoms with Gasteiger partial charge < -0.3 is 16.6 Å². The van der Waals surface area contributed by atoms with E-state index in [0.29, 0.717) is 18.7 Å². The lowest BCUT2D eigenvalue weighted by molar-refractivity contribution is 0.0978. The van der Waals surface area contributed by atoms with E-state index in [1.54, 1.807) is 24.3 Å². The van der Waals surface area contributed by atoms with E-state index in [-0.39, 0.29) is 35.2 Å². The highest BCUT2D eigenvalue weighted by Crippen LogP contribution is 2.20. The molecule has 0 bridgehead atoms. The van der Waals surface area contributed by atoms with Gasteiger partial charge in [-0.25, -0.2) is 9.97 Å². The van der Waals surface area contributed by atoms with Crippen LogP contribution in [0.4, 0.5) is 11.5 Å². The van der Waals surface area contributed by atoms with Crippen LogP contribution >= 0.6 is 0 Å². The van der Waals surface area contributed by atoms with Crippen LogP contribution in [0.5, 0.6) is 5.75 Å². The first-order valence-electron chi connectivity index (χ1n) is 8.80. The van der Waals surface area contributed by atoms with Gasteiger partial charge in [0, 0.05) is 12.8 Å². The first-order chi connectivity index (χ1) is 13.0. The number of Topliss-reactive ketones (excluding diaryl/α,β-unsaturated/α-hetero) is 1. The van der Waals surface area contributed by atoms with Crippen LogP contribution in [0.15, 0.2) is 54.6 Å². The molecule has 0 atom stereocenters. The van der Waals surface area contributed by atoms with Gasteiger partial charge in [0.1, 0.15) is 23.0 Å². The normalized spacial score (nSPS) is 10.7. The Hall–Kier alpha value is -3.41. The number of carbonyl (C=O) groups excluding carboxylic acids is 1. The molecule has 0 saturated heterocycles. The first kappa shape index (κ1) is 18.4. The van der Waals surface area contributed by atoms with Crippen molar-refractivity contribution in [3.05, 3.63) is 77.2 Å². The van der Waals surface area contributed by atoms with Crippen molar-refractivity contribution in [1.82, 2.24) is 9.97 Å². The average Bonchev–Trinajstić information content (AvgIpc) is 2.69. The Morgan fingerprint density at radius 3 is 2.22 bits per heavy atom. The number of aromatic nitrogens is 2. The Kier molecular flexibility index (Phi) is 5.66. The molecule has 1 heterocycles. The number of anilines is 2. The third-order valence-corrected chi connectivity index (χ3v) is 4.34. The monoisotopic (exact) mass is 362 g/mol. The number of benzene rings is 2.